The van der Waals surface area contributed by atoms with Crippen LogP contribution in [0.3, 0.4) is 0 Å². The van der Waals surface area contributed by atoms with Crippen LogP contribution in [0.25, 0.3) is 0 Å². The number of aromatic hydroxyl groups is 1. The van der Waals surface area contributed by atoms with Gasteiger partial charge in [-0.3, -0.25) is 14.6 Å². The van der Waals surface area contributed by atoms with Crippen LogP contribution in [-0.2, 0) is 41.9 Å². The summed E-state index contributed by atoms with van der Waals surface area (Å²) in [6.07, 6.45) is 5.46. The van der Waals surface area contributed by atoms with Crippen LogP contribution in [0.2, 0.25) is 0 Å². The molecule has 0 unspecified atom stereocenters. The number of ether oxygens (including phenoxy) is 1. The number of hydrogen-bond acceptors (Lipinski definition) is 5. The number of Topliss-reactive ketones (excluding diaryl/α,β-unsaturated/α-hetero) is 2. The second-order valence-corrected chi connectivity index (χ2v) is 10.5. The SMILES string of the molecule is Cc1ccc(COc2cc(Br)cc3c2CC(=O)CC3)nc1.O=C1CCc2cc(Br)cc(O)c2C1. The fourth-order valence-electron chi connectivity index (χ4n) is 4.18. The van der Waals surface area contributed by atoms with E-state index in [1.807, 2.05) is 37.4 Å². The molecule has 0 saturated heterocycles. The summed E-state index contributed by atoms with van der Waals surface area (Å²) in [7, 11) is 0. The molecule has 34 heavy (non-hydrogen) atoms. The molecule has 5 rings (SSSR count). The predicted molar refractivity (Wildman–Crippen MR) is 137 cm³/mol. The van der Waals surface area contributed by atoms with Gasteiger partial charge < -0.3 is 9.84 Å². The monoisotopic (exact) mass is 585 g/mol. The van der Waals surface area contributed by atoms with Crippen LogP contribution in [0.4, 0.5) is 0 Å². The van der Waals surface area contributed by atoms with E-state index in [9.17, 15) is 14.7 Å². The van der Waals surface area contributed by atoms with Gasteiger partial charge in [0, 0.05) is 52.0 Å². The van der Waals surface area contributed by atoms with E-state index in [-0.39, 0.29) is 17.3 Å². The summed E-state index contributed by atoms with van der Waals surface area (Å²) >= 11 is 6.82. The van der Waals surface area contributed by atoms with E-state index in [1.54, 1.807) is 6.07 Å². The summed E-state index contributed by atoms with van der Waals surface area (Å²) in [5, 5.41) is 9.57. The van der Waals surface area contributed by atoms with Crippen LogP contribution in [0.1, 0.15) is 46.4 Å². The number of pyridine rings is 1. The lowest BCUT2D eigenvalue weighted by atomic mass is 9.90. The van der Waals surface area contributed by atoms with E-state index < -0.39 is 0 Å². The smallest absolute Gasteiger partial charge is 0.137 e. The number of aryl methyl sites for hydroxylation is 3. The average Bonchev–Trinajstić information content (AvgIpc) is 2.80. The van der Waals surface area contributed by atoms with Crippen molar-refractivity contribution < 1.29 is 19.4 Å². The number of ketones is 2. The Kier molecular flexibility index (Phi) is 7.84. The van der Waals surface area contributed by atoms with Crippen LogP contribution in [0, 0.1) is 6.92 Å². The standard InChI is InChI=1S/C17H16BrNO2.C10H9BrO2/c1-11-2-4-14(19-9-11)10-21-17-7-13(18)6-12-3-5-15(20)8-16(12)17;11-7-3-6-1-2-8(12)5-9(6)10(13)4-7/h2,4,6-7,9H,3,5,8,10H2,1H3;3-4,13H,1-2,5H2. The number of rotatable bonds is 3. The summed E-state index contributed by atoms with van der Waals surface area (Å²) < 4.78 is 7.78. The molecule has 176 valence electrons. The number of benzene rings is 2. The minimum atomic E-state index is 0.213. The van der Waals surface area contributed by atoms with Gasteiger partial charge in [0.05, 0.1) is 5.69 Å². The van der Waals surface area contributed by atoms with Crippen LogP contribution >= 0.6 is 31.9 Å². The quantitative estimate of drug-likeness (QED) is 0.407. The molecule has 0 bridgehead atoms. The van der Waals surface area contributed by atoms with Gasteiger partial charge >= 0.3 is 0 Å². The molecular weight excluding hydrogens is 562 g/mol. The van der Waals surface area contributed by atoms with E-state index in [1.165, 1.54) is 5.56 Å². The molecule has 7 heteroatoms. The number of nitrogens with zero attached hydrogens (tertiary/aromatic N) is 1. The normalized spacial score (nSPS) is 14.6. The largest absolute Gasteiger partial charge is 0.508 e. The van der Waals surface area contributed by atoms with E-state index >= 15 is 0 Å². The zero-order valence-electron chi connectivity index (χ0n) is 18.9. The molecule has 0 fully saturated rings. The van der Waals surface area contributed by atoms with Gasteiger partial charge in [-0.05, 0) is 66.8 Å². The van der Waals surface area contributed by atoms with Gasteiger partial charge in [-0.2, -0.15) is 0 Å². The van der Waals surface area contributed by atoms with Crippen molar-refractivity contribution in [2.75, 3.05) is 0 Å². The van der Waals surface area contributed by atoms with Crippen LogP contribution < -0.4 is 4.74 Å². The van der Waals surface area contributed by atoms with Crippen molar-refractivity contribution in [3.8, 4) is 11.5 Å². The van der Waals surface area contributed by atoms with Crippen molar-refractivity contribution in [3.63, 3.8) is 0 Å². The Labute approximate surface area is 215 Å². The highest BCUT2D eigenvalue weighted by Crippen LogP contribution is 2.33. The molecule has 2 aliphatic rings. The zero-order valence-corrected chi connectivity index (χ0v) is 22.0. The third-order valence-electron chi connectivity index (χ3n) is 5.99. The van der Waals surface area contributed by atoms with E-state index in [0.29, 0.717) is 32.3 Å². The minimum absolute atomic E-state index is 0.213. The van der Waals surface area contributed by atoms with E-state index in [0.717, 1.165) is 55.5 Å². The molecule has 0 amide bonds. The van der Waals surface area contributed by atoms with Crippen LogP contribution in [-0.4, -0.2) is 21.7 Å². The molecule has 0 spiro atoms. The molecule has 0 atom stereocenters. The molecule has 1 heterocycles. The lowest BCUT2D eigenvalue weighted by molar-refractivity contribution is -0.119. The van der Waals surface area contributed by atoms with E-state index in [4.69, 9.17) is 4.74 Å². The van der Waals surface area contributed by atoms with Gasteiger partial charge in [-0.1, -0.05) is 37.9 Å². The molecule has 5 nitrogen and oxygen atoms in total. The summed E-state index contributed by atoms with van der Waals surface area (Å²) in [5.41, 5.74) is 6.14. The number of carbonyl (C=O) groups is 2. The molecule has 0 radical (unpaired) electrons. The highest BCUT2D eigenvalue weighted by Gasteiger charge is 2.21. The Morgan fingerprint density at radius 3 is 2.15 bits per heavy atom. The van der Waals surface area contributed by atoms with E-state index in [2.05, 4.69) is 42.9 Å². The summed E-state index contributed by atoms with van der Waals surface area (Å²) in [4.78, 5) is 27.2. The topological polar surface area (TPSA) is 76.5 Å². The van der Waals surface area contributed by atoms with Crippen LogP contribution in [0.15, 0.2) is 51.5 Å². The van der Waals surface area contributed by atoms with Crippen LogP contribution in [0.5, 0.6) is 11.5 Å². The summed E-state index contributed by atoms with van der Waals surface area (Å²) in [5.74, 6) is 1.51. The maximum Gasteiger partial charge on any atom is 0.137 e. The lowest BCUT2D eigenvalue weighted by Crippen LogP contribution is -2.15. The number of phenols is 1. The number of carbonyl (C=O) groups excluding carboxylic acids is 2. The highest BCUT2D eigenvalue weighted by molar-refractivity contribution is 9.10. The van der Waals surface area contributed by atoms with Crippen molar-refractivity contribution in [2.45, 2.75) is 52.1 Å². The summed E-state index contributed by atoms with van der Waals surface area (Å²) in [6.45, 7) is 2.42. The molecule has 3 aromatic rings. The molecule has 1 N–H and O–H groups in total. The van der Waals surface area contributed by atoms with Gasteiger partial charge in [-0.25, -0.2) is 0 Å². The Balaban J connectivity index is 0.000000180. The Morgan fingerprint density at radius 1 is 0.882 bits per heavy atom. The molecule has 0 saturated carbocycles. The van der Waals surface area contributed by atoms with Crippen molar-refractivity contribution in [1.82, 2.24) is 4.98 Å². The number of fused-ring (bicyclic) bond motifs is 2. The van der Waals surface area contributed by atoms with Crippen molar-refractivity contribution in [1.29, 1.82) is 0 Å². The maximum absolute atomic E-state index is 11.7. The van der Waals surface area contributed by atoms with Crippen molar-refractivity contribution in [2.24, 2.45) is 0 Å². The Hall–Kier alpha value is -2.51. The van der Waals surface area contributed by atoms with Gasteiger partial charge in [0.15, 0.2) is 0 Å². The first-order valence-corrected chi connectivity index (χ1v) is 12.8. The fourth-order valence-corrected chi connectivity index (χ4v) is 5.16. The lowest BCUT2D eigenvalue weighted by Gasteiger charge is -2.19. The van der Waals surface area contributed by atoms with Gasteiger partial charge in [0.2, 0.25) is 0 Å². The first-order valence-electron chi connectivity index (χ1n) is 11.2. The molecule has 0 aliphatic heterocycles. The van der Waals surface area contributed by atoms with Crippen molar-refractivity contribution in [3.05, 3.63) is 85.1 Å². The predicted octanol–water partition coefficient (Wildman–Crippen LogP) is 6.00. The van der Waals surface area contributed by atoms with Gasteiger partial charge in [-0.15, -0.1) is 0 Å². The fraction of sp³-hybridized carbons (Fsp3) is 0.296. The molecule has 2 aromatic carbocycles. The zero-order chi connectivity index (χ0) is 24.2. The average molecular weight is 587 g/mol. The Bertz CT molecular complexity index is 1240. The first-order chi connectivity index (χ1) is 16.3. The molecule has 1 aromatic heterocycles. The number of phenolic OH excluding ortho intramolecular Hbond substituents is 1. The Morgan fingerprint density at radius 2 is 1.50 bits per heavy atom. The number of halogens is 2. The second-order valence-electron chi connectivity index (χ2n) is 8.65. The van der Waals surface area contributed by atoms with Gasteiger partial charge in [0.1, 0.15) is 29.7 Å². The highest BCUT2D eigenvalue weighted by atomic mass is 79.9. The molecular formula is C27H25Br2NO4. The summed E-state index contributed by atoms with van der Waals surface area (Å²) in [6, 6.07) is 11.6. The van der Waals surface area contributed by atoms with Gasteiger partial charge in [0.25, 0.3) is 0 Å². The number of aromatic nitrogens is 1. The second kappa shape index (κ2) is 10.8. The van der Waals surface area contributed by atoms with Crippen molar-refractivity contribution >= 4 is 43.4 Å². The number of hydrogen-bond donors (Lipinski definition) is 1. The third kappa shape index (κ3) is 6.13. The third-order valence-corrected chi connectivity index (χ3v) is 6.91. The molecule has 2 aliphatic carbocycles. The first kappa shape index (κ1) is 24.6. The minimum Gasteiger partial charge on any atom is -0.508 e. The maximum atomic E-state index is 11.7.